The highest BCUT2D eigenvalue weighted by Gasteiger charge is 2.22. The predicted octanol–water partition coefficient (Wildman–Crippen LogP) is 2.67. The molecule has 0 saturated carbocycles. The average molecular weight is 228 g/mol. The van der Waals surface area contributed by atoms with E-state index in [1.165, 1.54) is 0 Å². The van der Waals surface area contributed by atoms with E-state index < -0.39 is 5.82 Å². The molecule has 1 aromatic rings. The number of rotatable bonds is 1. The van der Waals surface area contributed by atoms with E-state index in [4.69, 9.17) is 11.6 Å². The van der Waals surface area contributed by atoms with E-state index in [1.807, 2.05) is 11.9 Å². The highest BCUT2D eigenvalue weighted by Crippen LogP contribution is 2.34. The minimum Gasteiger partial charge on any atom is -0.374 e. The number of halogens is 2. The molecule has 1 aliphatic heterocycles. The highest BCUT2D eigenvalue weighted by molar-refractivity contribution is 6.31. The summed E-state index contributed by atoms with van der Waals surface area (Å²) >= 11 is 5.72. The normalized spacial score (nSPS) is 15.0. The predicted molar refractivity (Wildman–Crippen MR) is 58.4 cm³/mol. The number of anilines is 1. The second-order valence-electron chi connectivity index (χ2n) is 3.74. The van der Waals surface area contributed by atoms with Crippen molar-refractivity contribution in [2.75, 3.05) is 18.5 Å². The van der Waals surface area contributed by atoms with Crippen LogP contribution in [-0.4, -0.2) is 19.9 Å². The molecule has 0 aliphatic carbocycles. The smallest absolute Gasteiger partial charge is 0.155 e. The number of carbonyl (C=O) groups excluding carboxylic acids is 1. The molecule has 2 rings (SSSR count). The van der Waals surface area contributed by atoms with E-state index in [2.05, 4.69) is 0 Å². The first-order valence-electron chi connectivity index (χ1n) is 4.82. The Morgan fingerprint density at radius 3 is 3.00 bits per heavy atom. The van der Waals surface area contributed by atoms with Crippen molar-refractivity contribution >= 4 is 23.6 Å². The van der Waals surface area contributed by atoms with Crippen LogP contribution in [0.2, 0.25) is 5.02 Å². The Balaban J connectivity index is 2.70. The van der Waals surface area contributed by atoms with Crippen molar-refractivity contribution in [1.29, 1.82) is 0 Å². The van der Waals surface area contributed by atoms with Gasteiger partial charge in [0.25, 0.3) is 0 Å². The van der Waals surface area contributed by atoms with Crippen molar-refractivity contribution in [3.63, 3.8) is 0 Å². The van der Waals surface area contributed by atoms with Crippen LogP contribution in [0.25, 0.3) is 0 Å². The van der Waals surface area contributed by atoms with Crippen molar-refractivity contribution in [1.82, 2.24) is 0 Å². The lowest BCUT2D eigenvalue weighted by Crippen LogP contribution is -2.26. The number of carbonyl (C=O) groups is 1. The molecule has 0 bridgehead atoms. The maximum Gasteiger partial charge on any atom is 0.155 e. The summed E-state index contributed by atoms with van der Waals surface area (Å²) in [5.74, 6) is -0.612. The number of fused-ring (bicyclic) bond motifs is 1. The van der Waals surface area contributed by atoms with Gasteiger partial charge in [0.05, 0.1) is 16.3 Å². The van der Waals surface area contributed by atoms with Crippen LogP contribution in [0.4, 0.5) is 10.1 Å². The first-order valence-corrected chi connectivity index (χ1v) is 5.20. The van der Waals surface area contributed by atoms with Crippen molar-refractivity contribution in [3.05, 3.63) is 28.0 Å². The standard InChI is InChI=1S/C11H11ClFNO/c1-14-4-2-3-7-5-9(12)10(13)8(6-15)11(7)14/h5-6H,2-4H2,1H3. The molecule has 0 N–H and O–H groups in total. The number of hydrogen-bond donors (Lipinski definition) is 0. The van der Waals surface area contributed by atoms with E-state index in [9.17, 15) is 9.18 Å². The van der Waals surface area contributed by atoms with Gasteiger partial charge in [0, 0.05) is 13.6 Å². The van der Waals surface area contributed by atoms with Gasteiger partial charge in [-0.05, 0) is 24.5 Å². The quantitative estimate of drug-likeness (QED) is 0.688. The van der Waals surface area contributed by atoms with Crippen LogP contribution in [0, 0.1) is 5.82 Å². The van der Waals surface area contributed by atoms with Gasteiger partial charge in [-0.2, -0.15) is 0 Å². The molecule has 0 atom stereocenters. The van der Waals surface area contributed by atoms with Crippen molar-refractivity contribution in [2.45, 2.75) is 12.8 Å². The van der Waals surface area contributed by atoms with E-state index in [0.29, 0.717) is 12.0 Å². The number of aryl methyl sites for hydroxylation is 1. The van der Waals surface area contributed by atoms with Crippen LogP contribution in [0.15, 0.2) is 6.07 Å². The fraction of sp³-hybridized carbons (Fsp3) is 0.364. The molecule has 0 spiro atoms. The second kappa shape index (κ2) is 3.81. The van der Waals surface area contributed by atoms with E-state index in [0.717, 1.165) is 24.9 Å². The molecule has 0 amide bonds. The van der Waals surface area contributed by atoms with E-state index >= 15 is 0 Å². The Morgan fingerprint density at radius 2 is 2.33 bits per heavy atom. The molecule has 4 heteroatoms. The molecule has 1 aromatic carbocycles. The van der Waals surface area contributed by atoms with Gasteiger partial charge in [-0.25, -0.2) is 4.39 Å². The summed E-state index contributed by atoms with van der Waals surface area (Å²) < 4.78 is 13.6. The Hall–Kier alpha value is -1.09. The lowest BCUT2D eigenvalue weighted by molar-refractivity contribution is 0.112. The molecule has 0 saturated heterocycles. The summed E-state index contributed by atoms with van der Waals surface area (Å²) in [6, 6.07) is 1.62. The third-order valence-electron chi connectivity index (χ3n) is 2.75. The Bertz CT molecular complexity index is 420. The molecular formula is C11H11ClFNO. The molecule has 1 heterocycles. The molecule has 0 unspecified atom stereocenters. The van der Waals surface area contributed by atoms with Crippen molar-refractivity contribution in [3.8, 4) is 0 Å². The summed E-state index contributed by atoms with van der Waals surface area (Å²) in [5, 5.41) is 0.0335. The van der Waals surface area contributed by atoms with Crippen molar-refractivity contribution in [2.24, 2.45) is 0 Å². The Kier molecular flexibility index (Phi) is 2.65. The fourth-order valence-corrected chi connectivity index (χ4v) is 2.29. The van der Waals surface area contributed by atoms with Gasteiger partial charge in [-0.3, -0.25) is 4.79 Å². The highest BCUT2D eigenvalue weighted by atomic mass is 35.5. The molecule has 0 fully saturated rings. The first-order chi connectivity index (χ1) is 7.15. The fourth-order valence-electron chi connectivity index (χ4n) is 2.06. The lowest BCUT2D eigenvalue weighted by Gasteiger charge is -2.29. The van der Waals surface area contributed by atoms with Crippen LogP contribution in [0.3, 0.4) is 0 Å². The molecule has 80 valence electrons. The minimum atomic E-state index is -0.612. The summed E-state index contributed by atoms with van der Waals surface area (Å²) in [4.78, 5) is 12.8. The van der Waals surface area contributed by atoms with Gasteiger partial charge >= 0.3 is 0 Å². The molecular weight excluding hydrogens is 217 g/mol. The molecule has 2 nitrogen and oxygen atoms in total. The monoisotopic (exact) mass is 227 g/mol. The van der Waals surface area contributed by atoms with Crippen LogP contribution in [0.1, 0.15) is 22.3 Å². The third kappa shape index (κ3) is 1.61. The summed E-state index contributed by atoms with van der Waals surface area (Å²) in [7, 11) is 1.86. The SMILES string of the molecule is CN1CCCc2cc(Cl)c(F)c(C=O)c21. The first kappa shape index (κ1) is 10.4. The van der Waals surface area contributed by atoms with Crippen molar-refractivity contribution < 1.29 is 9.18 Å². The molecule has 1 aliphatic rings. The van der Waals surface area contributed by atoms with Gasteiger partial charge in [0.15, 0.2) is 12.1 Å². The van der Waals surface area contributed by atoms with Gasteiger partial charge < -0.3 is 4.90 Å². The van der Waals surface area contributed by atoms with Crippen LogP contribution >= 0.6 is 11.6 Å². The summed E-state index contributed by atoms with van der Waals surface area (Å²) in [6.07, 6.45) is 2.39. The largest absolute Gasteiger partial charge is 0.374 e. The van der Waals surface area contributed by atoms with Gasteiger partial charge in [-0.1, -0.05) is 11.6 Å². The van der Waals surface area contributed by atoms with E-state index in [-0.39, 0.29) is 10.6 Å². The molecule has 0 radical (unpaired) electrons. The summed E-state index contributed by atoms with van der Waals surface area (Å²) in [5.41, 5.74) is 1.73. The zero-order chi connectivity index (χ0) is 11.0. The zero-order valence-electron chi connectivity index (χ0n) is 8.39. The Morgan fingerprint density at radius 1 is 1.60 bits per heavy atom. The number of aldehydes is 1. The van der Waals surface area contributed by atoms with Gasteiger partial charge in [0.2, 0.25) is 0 Å². The van der Waals surface area contributed by atoms with Crippen LogP contribution in [0.5, 0.6) is 0 Å². The molecule has 0 aromatic heterocycles. The lowest BCUT2D eigenvalue weighted by atomic mass is 9.98. The van der Waals surface area contributed by atoms with Crippen LogP contribution in [-0.2, 0) is 6.42 Å². The van der Waals surface area contributed by atoms with Gasteiger partial charge in [-0.15, -0.1) is 0 Å². The topological polar surface area (TPSA) is 20.3 Å². The third-order valence-corrected chi connectivity index (χ3v) is 3.02. The number of nitrogens with zero attached hydrogens (tertiary/aromatic N) is 1. The zero-order valence-corrected chi connectivity index (χ0v) is 9.14. The second-order valence-corrected chi connectivity index (χ2v) is 4.14. The molecule has 15 heavy (non-hydrogen) atoms. The van der Waals surface area contributed by atoms with E-state index in [1.54, 1.807) is 6.07 Å². The van der Waals surface area contributed by atoms with Crippen LogP contribution < -0.4 is 4.90 Å². The number of benzene rings is 1. The average Bonchev–Trinajstić information content (AvgIpc) is 2.21. The maximum absolute atomic E-state index is 13.6. The minimum absolute atomic E-state index is 0.0335. The maximum atomic E-state index is 13.6. The number of hydrogen-bond acceptors (Lipinski definition) is 2. The summed E-state index contributed by atoms with van der Waals surface area (Å²) in [6.45, 7) is 0.842. The van der Waals surface area contributed by atoms with Gasteiger partial charge in [0.1, 0.15) is 0 Å². The Labute approximate surface area is 92.6 Å².